The zero-order valence-electron chi connectivity index (χ0n) is 17.8. The van der Waals surface area contributed by atoms with E-state index in [9.17, 15) is 0 Å². The number of aryl methyl sites for hydroxylation is 1. The molecule has 1 saturated carbocycles. The molecule has 1 aromatic heterocycles. The van der Waals surface area contributed by atoms with Crippen molar-refractivity contribution in [3.63, 3.8) is 0 Å². The average Bonchev–Trinajstić information content (AvgIpc) is 3.15. The number of aromatic nitrogens is 3. The molecule has 2 N–H and O–H groups in total. The molecule has 0 atom stereocenters. The van der Waals surface area contributed by atoms with Crippen molar-refractivity contribution in [2.24, 2.45) is 12.0 Å². The highest BCUT2D eigenvalue weighted by atomic mass is 127. The van der Waals surface area contributed by atoms with Crippen LogP contribution in [0.25, 0.3) is 0 Å². The van der Waals surface area contributed by atoms with Crippen LogP contribution in [0.1, 0.15) is 50.4 Å². The van der Waals surface area contributed by atoms with Crippen molar-refractivity contribution in [1.29, 1.82) is 0 Å². The Hall–Kier alpha value is -1.84. The van der Waals surface area contributed by atoms with E-state index in [1.165, 1.54) is 43.4 Å². The fourth-order valence-corrected chi connectivity index (χ4v) is 3.67. The maximum absolute atomic E-state index is 4.70. The van der Waals surface area contributed by atoms with Crippen LogP contribution in [0.5, 0.6) is 0 Å². The van der Waals surface area contributed by atoms with E-state index in [1.54, 1.807) is 11.0 Å². The van der Waals surface area contributed by atoms with Crippen LogP contribution in [-0.4, -0.2) is 40.4 Å². The lowest BCUT2D eigenvalue weighted by Crippen LogP contribution is -2.37. The van der Waals surface area contributed by atoms with E-state index in [-0.39, 0.29) is 24.0 Å². The van der Waals surface area contributed by atoms with Gasteiger partial charge in [-0.2, -0.15) is 5.10 Å². The number of benzene rings is 1. The zero-order valence-corrected chi connectivity index (χ0v) is 20.1. The van der Waals surface area contributed by atoms with Crippen LogP contribution in [0.15, 0.2) is 35.6 Å². The third-order valence-corrected chi connectivity index (χ3v) is 5.45. The van der Waals surface area contributed by atoms with Gasteiger partial charge in [-0.25, -0.2) is 9.98 Å². The Labute approximate surface area is 191 Å². The first-order chi connectivity index (χ1) is 13.7. The van der Waals surface area contributed by atoms with E-state index >= 15 is 0 Å². The predicted octanol–water partition coefficient (Wildman–Crippen LogP) is 3.46. The normalized spacial score (nSPS) is 14.9. The Bertz CT molecular complexity index is 751. The van der Waals surface area contributed by atoms with Crippen molar-refractivity contribution >= 4 is 35.6 Å². The molecule has 0 aliphatic heterocycles. The fourth-order valence-electron chi connectivity index (χ4n) is 3.67. The standard InChI is InChI=1S/C21H33N7.HI/c1-4-22-21(24-15-20-25-16-26-28(20)3)23-14-17-10-12-19(13-11-17)27(2)18-8-6-5-7-9-18;/h10-13,16,18H,4-9,14-15H2,1-3H3,(H2,22,23,24);1H. The van der Waals surface area contributed by atoms with Crippen LogP contribution in [0.4, 0.5) is 5.69 Å². The molecule has 1 aliphatic carbocycles. The molecule has 2 aromatic rings. The second-order valence-electron chi connectivity index (χ2n) is 7.42. The van der Waals surface area contributed by atoms with E-state index in [1.807, 2.05) is 7.05 Å². The van der Waals surface area contributed by atoms with Crippen molar-refractivity contribution in [2.45, 2.75) is 58.2 Å². The molecule has 0 amide bonds. The van der Waals surface area contributed by atoms with Gasteiger partial charge in [-0.05, 0) is 37.5 Å². The molecular weight excluding hydrogens is 477 g/mol. The number of hydrogen-bond acceptors (Lipinski definition) is 4. The summed E-state index contributed by atoms with van der Waals surface area (Å²) in [5.74, 6) is 1.66. The van der Waals surface area contributed by atoms with Crippen LogP contribution in [0.2, 0.25) is 0 Å². The number of aliphatic imine (C=N–C) groups is 1. The quantitative estimate of drug-likeness (QED) is 0.339. The second-order valence-corrected chi connectivity index (χ2v) is 7.42. The summed E-state index contributed by atoms with van der Waals surface area (Å²) < 4.78 is 1.76. The predicted molar refractivity (Wildman–Crippen MR) is 130 cm³/mol. The third kappa shape index (κ3) is 6.87. The van der Waals surface area contributed by atoms with Gasteiger partial charge < -0.3 is 15.5 Å². The Morgan fingerprint density at radius 1 is 1.17 bits per heavy atom. The van der Waals surface area contributed by atoms with Gasteiger partial charge in [0.15, 0.2) is 5.96 Å². The summed E-state index contributed by atoms with van der Waals surface area (Å²) in [6.07, 6.45) is 8.29. The second kappa shape index (κ2) is 12.0. The molecule has 29 heavy (non-hydrogen) atoms. The number of halogens is 1. The van der Waals surface area contributed by atoms with Crippen molar-refractivity contribution in [3.05, 3.63) is 42.0 Å². The molecule has 1 heterocycles. The lowest BCUT2D eigenvalue weighted by molar-refractivity contribution is 0.427. The van der Waals surface area contributed by atoms with E-state index < -0.39 is 0 Å². The van der Waals surface area contributed by atoms with E-state index in [2.05, 4.69) is 63.9 Å². The van der Waals surface area contributed by atoms with Gasteiger partial charge in [0.1, 0.15) is 12.2 Å². The van der Waals surface area contributed by atoms with Gasteiger partial charge in [0.05, 0.1) is 13.1 Å². The van der Waals surface area contributed by atoms with E-state index in [4.69, 9.17) is 4.99 Å². The Morgan fingerprint density at radius 3 is 2.52 bits per heavy atom. The van der Waals surface area contributed by atoms with Gasteiger partial charge in [-0.1, -0.05) is 31.4 Å². The topological polar surface area (TPSA) is 70.4 Å². The molecule has 1 aliphatic rings. The van der Waals surface area contributed by atoms with E-state index in [0.29, 0.717) is 19.1 Å². The number of hydrogen-bond donors (Lipinski definition) is 2. The lowest BCUT2D eigenvalue weighted by atomic mass is 9.94. The zero-order chi connectivity index (χ0) is 19.8. The summed E-state index contributed by atoms with van der Waals surface area (Å²) in [4.78, 5) is 11.4. The molecule has 1 fully saturated rings. The van der Waals surface area contributed by atoms with Gasteiger partial charge in [0, 0.05) is 32.4 Å². The minimum absolute atomic E-state index is 0. The first kappa shape index (κ1) is 23.4. The van der Waals surface area contributed by atoms with E-state index in [0.717, 1.165) is 18.3 Å². The highest BCUT2D eigenvalue weighted by Gasteiger charge is 2.18. The smallest absolute Gasteiger partial charge is 0.191 e. The Balaban J connectivity index is 0.00000300. The molecule has 0 bridgehead atoms. The first-order valence-corrected chi connectivity index (χ1v) is 10.3. The molecular formula is C21H34IN7. The van der Waals surface area contributed by atoms with Crippen LogP contribution < -0.4 is 15.5 Å². The molecule has 3 rings (SSSR count). The summed E-state index contributed by atoms with van der Waals surface area (Å²) in [6.45, 7) is 4.11. The minimum Gasteiger partial charge on any atom is -0.372 e. The highest BCUT2D eigenvalue weighted by molar-refractivity contribution is 14.0. The molecule has 160 valence electrons. The summed E-state index contributed by atoms with van der Waals surface area (Å²) >= 11 is 0. The van der Waals surface area contributed by atoms with Gasteiger partial charge in [-0.15, -0.1) is 24.0 Å². The van der Waals surface area contributed by atoms with Gasteiger partial charge in [-0.3, -0.25) is 4.68 Å². The van der Waals surface area contributed by atoms with Gasteiger partial charge in [0.2, 0.25) is 0 Å². The van der Waals surface area contributed by atoms with Gasteiger partial charge >= 0.3 is 0 Å². The molecule has 0 unspecified atom stereocenters. The Morgan fingerprint density at radius 2 is 1.90 bits per heavy atom. The van der Waals surface area contributed by atoms with Crippen LogP contribution in [-0.2, 0) is 20.1 Å². The molecule has 0 spiro atoms. The third-order valence-electron chi connectivity index (χ3n) is 5.45. The summed E-state index contributed by atoms with van der Waals surface area (Å²) in [5.41, 5.74) is 2.50. The molecule has 8 heteroatoms. The summed E-state index contributed by atoms with van der Waals surface area (Å²) in [5, 5.41) is 10.7. The van der Waals surface area contributed by atoms with Crippen molar-refractivity contribution in [2.75, 3.05) is 18.5 Å². The van der Waals surface area contributed by atoms with Crippen molar-refractivity contribution in [1.82, 2.24) is 25.4 Å². The minimum atomic E-state index is 0. The number of nitrogens with zero attached hydrogens (tertiary/aromatic N) is 5. The van der Waals surface area contributed by atoms with Crippen LogP contribution >= 0.6 is 24.0 Å². The first-order valence-electron chi connectivity index (χ1n) is 10.3. The number of nitrogens with one attached hydrogen (secondary N) is 2. The monoisotopic (exact) mass is 511 g/mol. The largest absolute Gasteiger partial charge is 0.372 e. The maximum Gasteiger partial charge on any atom is 0.191 e. The van der Waals surface area contributed by atoms with Crippen LogP contribution in [0.3, 0.4) is 0 Å². The molecule has 0 radical (unpaired) electrons. The fraction of sp³-hybridized carbons (Fsp3) is 0.571. The maximum atomic E-state index is 4.70. The molecule has 0 saturated heterocycles. The number of anilines is 1. The van der Waals surface area contributed by atoms with Crippen molar-refractivity contribution < 1.29 is 0 Å². The number of guanidine groups is 1. The molecule has 7 nitrogen and oxygen atoms in total. The lowest BCUT2D eigenvalue weighted by Gasteiger charge is -2.33. The van der Waals surface area contributed by atoms with Crippen LogP contribution in [0, 0.1) is 0 Å². The van der Waals surface area contributed by atoms with Crippen molar-refractivity contribution in [3.8, 4) is 0 Å². The Kier molecular flexibility index (Phi) is 9.69. The SMILES string of the molecule is CCNC(=NCc1ccc(N(C)C2CCCCC2)cc1)NCc1ncnn1C.I. The number of rotatable bonds is 7. The van der Waals surface area contributed by atoms with Gasteiger partial charge in [0.25, 0.3) is 0 Å². The average molecular weight is 511 g/mol. The summed E-state index contributed by atoms with van der Waals surface area (Å²) in [6, 6.07) is 9.50. The highest BCUT2D eigenvalue weighted by Crippen LogP contribution is 2.26. The molecule has 1 aromatic carbocycles. The summed E-state index contributed by atoms with van der Waals surface area (Å²) in [7, 11) is 4.11.